The summed E-state index contributed by atoms with van der Waals surface area (Å²) < 4.78 is 0.886. The van der Waals surface area contributed by atoms with Gasteiger partial charge in [-0.25, -0.2) is 0 Å². The maximum atomic E-state index is 11.8. The molecule has 8 heteroatoms. The minimum Gasteiger partial charge on any atom is -0.355 e. The zero-order valence-corrected chi connectivity index (χ0v) is 14.5. The zero-order valence-electron chi connectivity index (χ0n) is 12.1. The molecule has 2 heterocycles. The van der Waals surface area contributed by atoms with E-state index in [2.05, 4.69) is 36.8 Å². The number of aromatic nitrogens is 2. The van der Waals surface area contributed by atoms with Gasteiger partial charge in [-0.2, -0.15) is 5.10 Å². The number of aryl methyl sites for hydroxylation is 2. The van der Waals surface area contributed by atoms with Crippen LogP contribution in [0.25, 0.3) is 0 Å². The molecule has 0 saturated heterocycles. The Hall–Kier alpha value is -1.67. The highest BCUT2D eigenvalue weighted by Crippen LogP contribution is 2.21. The van der Waals surface area contributed by atoms with Gasteiger partial charge in [-0.1, -0.05) is 0 Å². The first-order valence-electron chi connectivity index (χ1n) is 6.85. The van der Waals surface area contributed by atoms with Crippen LogP contribution in [-0.2, 0) is 11.2 Å². The van der Waals surface area contributed by atoms with Crippen molar-refractivity contribution in [3.8, 4) is 0 Å². The molecule has 0 fully saturated rings. The third-order valence-corrected chi connectivity index (χ3v) is 4.71. The molecule has 118 valence electrons. The van der Waals surface area contributed by atoms with Crippen LogP contribution in [0.4, 0.5) is 0 Å². The Balaban J connectivity index is 1.62. The molecule has 0 unspecified atom stereocenters. The van der Waals surface area contributed by atoms with Crippen LogP contribution in [0.2, 0.25) is 0 Å². The average molecular weight is 385 g/mol. The van der Waals surface area contributed by atoms with Crippen LogP contribution in [0.15, 0.2) is 22.1 Å². The third-order valence-electron chi connectivity index (χ3n) is 3.09. The number of hydrogen-bond acceptors (Lipinski definition) is 4. The number of thiophene rings is 1. The van der Waals surface area contributed by atoms with Crippen molar-refractivity contribution in [3.05, 3.63) is 38.3 Å². The average Bonchev–Trinajstić information content (AvgIpc) is 3.10. The van der Waals surface area contributed by atoms with Gasteiger partial charge in [-0.05, 0) is 53.4 Å². The van der Waals surface area contributed by atoms with E-state index in [-0.39, 0.29) is 18.4 Å². The largest absolute Gasteiger partial charge is 0.355 e. The van der Waals surface area contributed by atoms with Crippen molar-refractivity contribution in [3.63, 3.8) is 0 Å². The summed E-state index contributed by atoms with van der Waals surface area (Å²) in [6.45, 7) is 2.53. The Morgan fingerprint density at radius 1 is 1.36 bits per heavy atom. The lowest BCUT2D eigenvalue weighted by atomic mass is 10.1. The van der Waals surface area contributed by atoms with Gasteiger partial charge in [0.25, 0.3) is 5.91 Å². The number of H-pyrrole nitrogens is 1. The van der Waals surface area contributed by atoms with Gasteiger partial charge in [0, 0.05) is 12.2 Å². The normalized spacial score (nSPS) is 10.5. The second-order valence-electron chi connectivity index (χ2n) is 4.76. The zero-order chi connectivity index (χ0) is 15.9. The number of amides is 2. The van der Waals surface area contributed by atoms with Crippen LogP contribution in [0.1, 0.15) is 27.3 Å². The van der Waals surface area contributed by atoms with E-state index in [9.17, 15) is 9.59 Å². The number of carbonyl (C=O) groups excluding carboxylic acids is 2. The monoisotopic (exact) mass is 384 g/mol. The first-order valence-corrected chi connectivity index (χ1v) is 8.46. The van der Waals surface area contributed by atoms with Crippen LogP contribution in [0.3, 0.4) is 0 Å². The highest BCUT2D eigenvalue weighted by atomic mass is 79.9. The molecule has 6 nitrogen and oxygen atoms in total. The van der Waals surface area contributed by atoms with Gasteiger partial charge in [0.1, 0.15) is 0 Å². The van der Waals surface area contributed by atoms with Crippen molar-refractivity contribution >= 4 is 39.1 Å². The topological polar surface area (TPSA) is 86.9 Å². The molecule has 0 aliphatic heterocycles. The lowest BCUT2D eigenvalue weighted by Gasteiger charge is -2.06. The third kappa shape index (κ3) is 4.96. The summed E-state index contributed by atoms with van der Waals surface area (Å²) in [5, 5.41) is 12.2. The predicted octanol–water partition coefficient (Wildman–Crippen LogP) is 2.02. The van der Waals surface area contributed by atoms with Crippen molar-refractivity contribution in [1.82, 2.24) is 20.8 Å². The number of nitrogens with one attached hydrogen (secondary N) is 3. The lowest BCUT2D eigenvalue weighted by molar-refractivity contribution is -0.120. The fourth-order valence-electron chi connectivity index (χ4n) is 1.88. The molecule has 22 heavy (non-hydrogen) atoms. The van der Waals surface area contributed by atoms with Crippen molar-refractivity contribution in [2.75, 3.05) is 13.1 Å². The molecule has 0 aliphatic carbocycles. The molecule has 0 bridgehead atoms. The second-order valence-corrected chi connectivity index (χ2v) is 7.22. The minimum atomic E-state index is -0.236. The van der Waals surface area contributed by atoms with Crippen molar-refractivity contribution in [1.29, 1.82) is 0 Å². The fraction of sp³-hybridized carbons (Fsp3) is 0.357. The molecule has 2 rings (SSSR count). The Morgan fingerprint density at radius 3 is 2.82 bits per heavy atom. The summed E-state index contributed by atoms with van der Waals surface area (Å²) in [5.41, 5.74) is 2.21. The quantitative estimate of drug-likeness (QED) is 0.638. The van der Waals surface area contributed by atoms with E-state index in [1.807, 2.05) is 6.92 Å². The lowest BCUT2D eigenvalue weighted by Crippen LogP contribution is -2.37. The number of aromatic amines is 1. The Morgan fingerprint density at radius 2 is 2.18 bits per heavy atom. The number of halogens is 1. The molecule has 0 spiro atoms. The van der Waals surface area contributed by atoms with E-state index in [4.69, 9.17) is 0 Å². The van der Waals surface area contributed by atoms with Crippen molar-refractivity contribution in [2.45, 2.75) is 19.8 Å². The van der Waals surface area contributed by atoms with Gasteiger partial charge in [0.15, 0.2) is 0 Å². The summed E-state index contributed by atoms with van der Waals surface area (Å²) >= 11 is 4.63. The van der Waals surface area contributed by atoms with E-state index in [0.717, 1.165) is 27.9 Å². The maximum absolute atomic E-state index is 11.8. The predicted molar refractivity (Wildman–Crippen MR) is 89.0 cm³/mol. The molecule has 2 aromatic heterocycles. The highest BCUT2D eigenvalue weighted by molar-refractivity contribution is 9.11. The molecule has 0 aromatic carbocycles. The van der Waals surface area contributed by atoms with E-state index in [0.29, 0.717) is 11.4 Å². The summed E-state index contributed by atoms with van der Waals surface area (Å²) in [6.07, 6.45) is 3.49. The summed E-state index contributed by atoms with van der Waals surface area (Å²) in [5.74, 6) is -0.423. The summed E-state index contributed by atoms with van der Waals surface area (Å²) in [6, 6.07) is 3.52. The van der Waals surface area contributed by atoms with Crippen LogP contribution < -0.4 is 10.6 Å². The molecule has 2 aromatic rings. The summed E-state index contributed by atoms with van der Waals surface area (Å²) in [4.78, 5) is 24.0. The molecular weight excluding hydrogens is 368 g/mol. The van der Waals surface area contributed by atoms with Crippen LogP contribution in [0.5, 0.6) is 0 Å². The maximum Gasteiger partial charge on any atom is 0.261 e. The fourth-order valence-corrected chi connectivity index (χ4v) is 3.18. The Bertz CT molecular complexity index is 653. The standard InChI is InChI=1S/C14H17BrN4O2S/c1-9-10(7-18-19-9)3-2-6-16-13(20)8-17-14(21)11-4-5-12(15)22-11/h4-5,7H,2-3,6,8H2,1H3,(H,16,20)(H,17,21)(H,18,19). The van der Waals surface area contributed by atoms with E-state index in [1.165, 1.54) is 11.3 Å². The van der Waals surface area contributed by atoms with E-state index in [1.54, 1.807) is 18.3 Å². The van der Waals surface area contributed by atoms with Gasteiger partial charge in [-0.15, -0.1) is 11.3 Å². The van der Waals surface area contributed by atoms with Gasteiger partial charge in [0.05, 0.1) is 21.4 Å². The number of rotatable bonds is 7. The number of hydrogen-bond donors (Lipinski definition) is 3. The Kier molecular flexibility index (Phi) is 6.14. The molecule has 3 N–H and O–H groups in total. The number of carbonyl (C=O) groups is 2. The van der Waals surface area contributed by atoms with Crippen molar-refractivity contribution < 1.29 is 9.59 Å². The SMILES string of the molecule is Cc1[nH]ncc1CCCNC(=O)CNC(=O)c1ccc(Br)s1. The van der Waals surface area contributed by atoms with Crippen LogP contribution in [-0.4, -0.2) is 35.1 Å². The Labute approximate surface area is 140 Å². The summed E-state index contributed by atoms with van der Waals surface area (Å²) in [7, 11) is 0. The highest BCUT2D eigenvalue weighted by Gasteiger charge is 2.10. The van der Waals surface area contributed by atoms with E-state index < -0.39 is 0 Å². The van der Waals surface area contributed by atoms with Gasteiger partial charge in [-0.3, -0.25) is 14.7 Å². The molecule has 2 amide bonds. The van der Waals surface area contributed by atoms with Gasteiger partial charge >= 0.3 is 0 Å². The molecule has 0 radical (unpaired) electrons. The molecule has 0 saturated carbocycles. The molecular formula is C14H17BrN4O2S. The van der Waals surface area contributed by atoms with E-state index >= 15 is 0 Å². The van der Waals surface area contributed by atoms with Crippen molar-refractivity contribution in [2.24, 2.45) is 0 Å². The van der Waals surface area contributed by atoms with Gasteiger partial charge in [0.2, 0.25) is 5.91 Å². The van der Waals surface area contributed by atoms with Crippen LogP contribution in [0, 0.1) is 6.92 Å². The second kappa shape index (κ2) is 8.09. The molecule has 0 aliphatic rings. The smallest absolute Gasteiger partial charge is 0.261 e. The first-order chi connectivity index (χ1) is 10.6. The van der Waals surface area contributed by atoms with Gasteiger partial charge < -0.3 is 10.6 Å². The first kappa shape index (κ1) is 16.7. The van der Waals surface area contributed by atoms with Crippen LogP contribution >= 0.6 is 27.3 Å². The molecule has 0 atom stereocenters. The number of nitrogens with zero attached hydrogens (tertiary/aromatic N) is 1. The minimum absolute atomic E-state index is 0.0148.